The first-order chi connectivity index (χ1) is 6.57. The minimum Gasteiger partial charge on any atom is -0.480 e. The van der Waals surface area contributed by atoms with Gasteiger partial charge in [0.25, 0.3) is 0 Å². The predicted octanol–water partition coefficient (Wildman–Crippen LogP) is -0.815. The third-order valence-electron chi connectivity index (χ3n) is 1.36. The van der Waals surface area contributed by atoms with Crippen LogP contribution in [-0.2, 0) is 4.79 Å². The summed E-state index contributed by atoms with van der Waals surface area (Å²) in [6, 6.07) is 0. The van der Waals surface area contributed by atoms with E-state index in [0.717, 1.165) is 12.3 Å². The van der Waals surface area contributed by atoms with E-state index >= 15 is 0 Å². The van der Waals surface area contributed by atoms with Gasteiger partial charge in [-0.3, -0.25) is 4.79 Å². The maximum Gasteiger partial charge on any atom is 0.323 e. The average Bonchev–Trinajstić information content (AvgIpc) is 2.11. The van der Waals surface area contributed by atoms with Crippen LogP contribution in [0.25, 0.3) is 0 Å². The molecule has 0 aromatic carbocycles. The van der Waals surface area contributed by atoms with E-state index in [1.807, 2.05) is 7.05 Å². The van der Waals surface area contributed by atoms with Crippen LogP contribution in [0.15, 0.2) is 4.40 Å². The van der Waals surface area contributed by atoms with Gasteiger partial charge in [-0.1, -0.05) is 0 Å². The first-order valence-corrected chi connectivity index (χ1v) is 5.05. The van der Waals surface area contributed by atoms with Crippen molar-refractivity contribution in [3.05, 3.63) is 0 Å². The number of nitrogens with zero attached hydrogens (tertiary/aromatic N) is 2. The number of carboxylic acid groups (broad SMARTS) is 1. The lowest BCUT2D eigenvalue weighted by Gasteiger charge is -2.14. The Morgan fingerprint density at radius 2 is 2.36 bits per heavy atom. The van der Waals surface area contributed by atoms with E-state index in [9.17, 15) is 4.79 Å². The number of nitrogens with one attached hydrogen (secondary N) is 1. The van der Waals surface area contributed by atoms with Crippen LogP contribution >= 0.6 is 11.9 Å². The molecule has 0 bridgehead atoms. The zero-order valence-corrected chi connectivity index (χ0v) is 9.17. The first kappa shape index (κ1) is 13.1. The molecule has 0 aromatic rings. The van der Waals surface area contributed by atoms with Gasteiger partial charge in [-0.15, -0.1) is 0 Å². The van der Waals surface area contributed by atoms with Crippen LogP contribution in [-0.4, -0.2) is 54.9 Å². The molecule has 0 aliphatic heterocycles. The largest absolute Gasteiger partial charge is 0.480 e. The lowest BCUT2D eigenvalue weighted by Crippen LogP contribution is -2.37. The van der Waals surface area contributed by atoms with Crippen molar-refractivity contribution in [1.29, 1.82) is 0 Å². The summed E-state index contributed by atoms with van der Waals surface area (Å²) in [5.74, 6) is 0.109. The molecule has 0 unspecified atom stereocenters. The monoisotopic (exact) mass is 220 g/mol. The molecule has 82 valence electrons. The third-order valence-corrected chi connectivity index (χ3v) is 2.07. The molecule has 0 atom stereocenters. The molecule has 0 rings (SSSR count). The Balaban J connectivity index is 3.78. The van der Waals surface area contributed by atoms with Crippen molar-refractivity contribution in [1.82, 2.24) is 10.2 Å². The van der Waals surface area contributed by atoms with Crippen LogP contribution in [0.1, 0.15) is 0 Å². The van der Waals surface area contributed by atoms with Crippen molar-refractivity contribution < 1.29 is 9.90 Å². The van der Waals surface area contributed by atoms with Crippen molar-refractivity contribution in [2.75, 3.05) is 32.9 Å². The molecule has 0 saturated heterocycles. The zero-order chi connectivity index (χ0) is 11.0. The Kier molecular flexibility index (Phi) is 6.95. The molecule has 0 fully saturated rings. The van der Waals surface area contributed by atoms with Crippen LogP contribution < -0.4 is 11.1 Å². The van der Waals surface area contributed by atoms with E-state index in [1.54, 1.807) is 7.05 Å². The molecule has 0 spiro atoms. The van der Waals surface area contributed by atoms with Crippen molar-refractivity contribution in [3.8, 4) is 0 Å². The van der Waals surface area contributed by atoms with Gasteiger partial charge >= 0.3 is 5.97 Å². The smallest absolute Gasteiger partial charge is 0.323 e. The van der Waals surface area contributed by atoms with Crippen LogP contribution in [0, 0.1) is 0 Å². The van der Waals surface area contributed by atoms with Crippen LogP contribution in [0.2, 0.25) is 0 Å². The van der Waals surface area contributed by atoms with Gasteiger partial charge in [0.15, 0.2) is 0 Å². The molecule has 0 aliphatic carbocycles. The summed E-state index contributed by atoms with van der Waals surface area (Å²) in [6.07, 6.45) is 0. The molecule has 14 heavy (non-hydrogen) atoms. The molecule has 0 heterocycles. The zero-order valence-electron chi connectivity index (χ0n) is 8.36. The van der Waals surface area contributed by atoms with E-state index in [2.05, 4.69) is 9.71 Å². The standard InChI is InChI=1S/C7H16N4O2S/c1-9-3-4-14-10-7(8)11(2)5-6(12)13/h9H,3-5H2,1-2H3,(H2,8,10)(H,12,13). The number of rotatable bonds is 6. The van der Waals surface area contributed by atoms with Gasteiger partial charge in [0, 0.05) is 19.3 Å². The van der Waals surface area contributed by atoms with Crippen molar-refractivity contribution in [2.24, 2.45) is 10.1 Å². The average molecular weight is 220 g/mol. The normalized spacial score (nSPS) is 11.4. The maximum atomic E-state index is 10.3. The molecule has 4 N–H and O–H groups in total. The molecule has 7 heteroatoms. The number of carbonyl (C=O) groups is 1. The van der Waals surface area contributed by atoms with Crippen molar-refractivity contribution in [2.45, 2.75) is 0 Å². The molecular weight excluding hydrogens is 204 g/mol. The molecule has 0 aliphatic rings. The Labute approximate surface area is 87.7 Å². The van der Waals surface area contributed by atoms with Crippen molar-refractivity contribution in [3.63, 3.8) is 0 Å². The predicted molar refractivity (Wildman–Crippen MR) is 58.3 cm³/mol. The van der Waals surface area contributed by atoms with E-state index in [1.165, 1.54) is 16.8 Å². The van der Waals surface area contributed by atoms with Crippen molar-refractivity contribution >= 4 is 23.9 Å². The second kappa shape index (κ2) is 7.45. The fourth-order valence-corrected chi connectivity index (χ4v) is 1.27. The van der Waals surface area contributed by atoms with Gasteiger partial charge in [0.1, 0.15) is 6.54 Å². The van der Waals surface area contributed by atoms with Gasteiger partial charge in [-0.2, -0.15) is 4.40 Å². The number of hydrogen-bond acceptors (Lipinski definition) is 4. The summed E-state index contributed by atoms with van der Waals surface area (Å²) in [7, 11) is 3.44. The highest BCUT2D eigenvalue weighted by Gasteiger charge is 2.05. The van der Waals surface area contributed by atoms with Gasteiger partial charge in [-0.05, 0) is 19.0 Å². The summed E-state index contributed by atoms with van der Waals surface area (Å²) in [4.78, 5) is 11.7. The summed E-state index contributed by atoms with van der Waals surface area (Å²) < 4.78 is 3.95. The summed E-state index contributed by atoms with van der Waals surface area (Å²) in [6.45, 7) is 0.700. The number of nitrogens with two attached hydrogens (primary N) is 1. The molecule has 0 aromatic heterocycles. The Morgan fingerprint density at radius 3 is 2.86 bits per heavy atom. The molecule has 0 amide bonds. The van der Waals surface area contributed by atoms with Gasteiger partial charge < -0.3 is 21.1 Å². The quantitative estimate of drug-likeness (QED) is 0.235. The summed E-state index contributed by atoms with van der Waals surface area (Å²) in [5.41, 5.74) is 5.52. The Hall–Kier alpha value is -0.950. The molecule has 0 saturated carbocycles. The number of guanidine groups is 1. The SMILES string of the molecule is CNCCS/N=C(\N)N(C)CC(=O)O. The lowest BCUT2D eigenvalue weighted by atomic mass is 10.6. The summed E-state index contributed by atoms with van der Waals surface area (Å²) in [5, 5.41) is 11.4. The number of aliphatic carboxylic acids is 1. The maximum absolute atomic E-state index is 10.3. The lowest BCUT2D eigenvalue weighted by molar-refractivity contribution is -0.137. The third kappa shape index (κ3) is 6.55. The van der Waals surface area contributed by atoms with Gasteiger partial charge in [-0.25, -0.2) is 0 Å². The number of hydrogen-bond donors (Lipinski definition) is 3. The number of carboxylic acids is 1. The highest BCUT2D eigenvalue weighted by Crippen LogP contribution is 2.00. The fourth-order valence-electron chi connectivity index (χ4n) is 0.613. The van der Waals surface area contributed by atoms with E-state index in [-0.39, 0.29) is 12.5 Å². The van der Waals surface area contributed by atoms with Crippen LogP contribution in [0.3, 0.4) is 0 Å². The highest BCUT2D eigenvalue weighted by atomic mass is 32.2. The van der Waals surface area contributed by atoms with E-state index in [0.29, 0.717) is 0 Å². The summed E-state index contributed by atoms with van der Waals surface area (Å²) >= 11 is 1.31. The van der Waals surface area contributed by atoms with Gasteiger partial charge in [0.2, 0.25) is 5.96 Å². The van der Waals surface area contributed by atoms with Crippen LogP contribution in [0.5, 0.6) is 0 Å². The van der Waals surface area contributed by atoms with E-state index < -0.39 is 5.97 Å². The Morgan fingerprint density at radius 1 is 1.71 bits per heavy atom. The minimum absolute atomic E-state index is 0.137. The molecule has 6 nitrogen and oxygen atoms in total. The van der Waals surface area contributed by atoms with E-state index in [4.69, 9.17) is 10.8 Å². The fraction of sp³-hybridized carbons (Fsp3) is 0.714. The minimum atomic E-state index is -0.925. The second-order valence-electron chi connectivity index (χ2n) is 2.64. The Bertz CT molecular complexity index is 210. The highest BCUT2D eigenvalue weighted by molar-refractivity contribution is 7.98. The topological polar surface area (TPSA) is 91.0 Å². The van der Waals surface area contributed by atoms with Gasteiger partial charge in [0.05, 0.1) is 0 Å². The molecular formula is C7H16N4O2S. The number of likely N-dealkylation sites (N-methyl/N-ethyl adjacent to an activating group) is 1. The van der Waals surface area contributed by atoms with Crippen LogP contribution in [0.4, 0.5) is 0 Å². The second-order valence-corrected chi connectivity index (χ2v) is 3.49. The molecule has 0 radical (unpaired) electrons. The first-order valence-electron chi connectivity index (χ1n) is 4.11.